The molecule has 1 atom stereocenters. The molecule has 0 N–H and O–H groups in total. The lowest BCUT2D eigenvalue weighted by molar-refractivity contribution is 0.120. The topological polar surface area (TPSA) is 12.5 Å². The summed E-state index contributed by atoms with van der Waals surface area (Å²) in [6.45, 7) is 11.0. The van der Waals surface area contributed by atoms with Crippen LogP contribution in [-0.4, -0.2) is 37.2 Å². The molecule has 72 valence electrons. The van der Waals surface area contributed by atoms with Crippen molar-refractivity contribution in [3.05, 3.63) is 0 Å². The first-order valence-electron chi connectivity index (χ1n) is 5.05. The highest BCUT2D eigenvalue weighted by molar-refractivity contribution is 4.70. The fraction of sp³-hybridized carbons (Fsp3) is 1.00. The third-order valence-corrected chi connectivity index (χ3v) is 2.68. The van der Waals surface area contributed by atoms with E-state index in [1.54, 1.807) is 0 Å². The molecule has 0 aromatic carbocycles. The van der Waals surface area contributed by atoms with Crippen molar-refractivity contribution in [2.24, 2.45) is 5.92 Å². The summed E-state index contributed by atoms with van der Waals surface area (Å²) in [6, 6.07) is 0.667. The Morgan fingerprint density at radius 2 is 2.25 bits per heavy atom. The first-order valence-corrected chi connectivity index (χ1v) is 5.05. The molecule has 0 aromatic rings. The highest BCUT2D eigenvalue weighted by Gasteiger charge is 2.18. The largest absolute Gasteiger partial charge is 0.380 e. The summed E-state index contributed by atoms with van der Waals surface area (Å²) in [5.74, 6) is 0.745. The van der Waals surface area contributed by atoms with E-state index < -0.39 is 0 Å². The molecule has 1 fully saturated rings. The van der Waals surface area contributed by atoms with Crippen molar-refractivity contribution in [1.82, 2.24) is 4.90 Å². The standard InChI is InChI=1S/C10H21NO/c1-4-10-7-11(9(2)3)5-6-12-8-10/h9-10H,4-8H2,1-3H3/t10-/m0/s1. The molecule has 1 aliphatic rings. The summed E-state index contributed by atoms with van der Waals surface area (Å²) in [6.07, 6.45) is 1.24. The van der Waals surface area contributed by atoms with Gasteiger partial charge < -0.3 is 4.74 Å². The van der Waals surface area contributed by atoms with Crippen LogP contribution in [0, 0.1) is 5.92 Å². The smallest absolute Gasteiger partial charge is 0.0593 e. The quantitative estimate of drug-likeness (QED) is 0.627. The molecule has 0 aliphatic carbocycles. The van der Waals surface area contributed by atoms with Crippen molar-refractivity contribution in [3.63, 3.8) is 0 Å². The Morgan fingerprint density at radius 3 is 2.83 bits per heavy atom. The van der Waals surface area contributed by atoms with E-state index in [0.717, 1.165) is 25.7 Å². The number of hydrogen-bond donors (Lipinski definition) is 0. The van der Waals surface area contributed by atoms with Gasteiger partial charge in [-0.25, -0.2) is 0 Å². The molecule has 0 amide bonds. The Labute approximate surface area is 75.9 Å². The Kier molecular flexibility index (Phi) is 4.02. The van der Waals surface area contributed by atoms with Crippen LogP contribution >= 0.6 is 0 Å². The zero-order valence-electron chi connectivity index (χ0n) is 8.55. The number of hydrogen-bond acceptors (Lipinski definition) is 2. The molecule has 1 aliphatic heterocycles. The summed E-state index contributed by atoms with van der Waals surface area (Å²) in [4.78, 5) is 2.52. The Bertz CT molecular complexity index is 125. The maximum absolute atomic E-state index is 5.54. The van der Waals surface area contributed by atoms with Crippen LogP contribution in [0.2, 0.25) is 0 Å². The van der Waals surface area contributed by atoms with Crippen LogP contribution in [0.3, 0.4) is 0 Å². The van der Waals surface area contributed by atoms with E-state index in [0.29, 0.717) is 6.04 Å². The van der Waals surface area contributed by atoms with Gasteiger partial charge in [0.2, 0.25) is 0 Å². The molecular weight excluding hydrogens is 150 g/mol. The van der Waals surface area contributed by atoms with Crippen molar-refractivity contribution < 1.29 is 4.74 Å². The third kappa shape index (κ3) is 2.76. The average Bonchev–Trinajstić information content (AvgIpc) is 2.28. The van der Waals surface area contributed by atoms with Gasteiger partial charge in [-0.2, -0.15) is 0 Å². The molecule has 1 heterocycles. The number of ether oxygens (including phenoxy) is 1. The Hall–Kier alpha value is -0.0800. The van der Waals surface area contributed by atoms with Gasteiger partial charge >= 0.3 is 0 Å². The fourth-order valence-electron chi connectivity index (χ4n) is 1.62. The van der Waals surface area contributed by atoms with E-state index in [1.165, 1.54) is 13.0 Å². The lowest BCUT2D eigenvalue weighted by Crippen LogP contribution is -2.35. The zero-order chi connectivity index (χ0) is 8.97. The third-order valence-electron chi connectivity index (χ3n) is 2.68. The second-order valence-electron chi connectivity index (χ2n) is 3.94. The monoisotopic (exact) mass is 171 g/mol. The summed E-state index contributed by atoms with van der Waals surface area (Å²) in [5.41, 5.74) is 0. The van der Waals surface area contributed by atoms with Gasteiger partial charge in [0.1, 0.15) is 0 Å². The second kappa shape index (κ2) is 4.83. The molecule has 1 saturated heterocycles. The molecule has 2 heteroatoms. The van der Waals surface area contributed by atoms with Gasteiger partial charge in [0.25, 0.3) is 0 Å². The number of nitrogens with zero attached hydrogens (tertiary/aromatic N) is 1. The van der Waals surface area contributed by atoms with Crippen LogP contribution in [0.1, 0.15) is 27.2 Å². The molecule has 0 bridgehead atoms. The average molecular weight is 171 g/mol. The predicted molar refractivity (Wildman–Crippen MR) is 51.3 cm³/mol. The van der Waals surface area contributed by atoms with Crippen molar-refractivity contribution >= 4 is 0 Å². The maximum Gasteiger partial charge on any atom is 0.0593 e. The zero-order valence-corrected chi connectivity index (χ0v) is 8.55. The Balaban J connectivity index is 2.42. The van der Waals surface area contributed by atoms with E-state index in [9.17, 15) is 0 Å². The molecule has 0 saturated carbocycles. The minimum Gasteiger partial charge on any atom is -0.380 e. The van der Waals surface area contributed by atoms with E-state index in [-0.39, 0.29) is 0 Å². The lowest BCUT2D eigenvalue weighted by atomic mass is 10.1. The van der Waals surface area contributed by atoms with Crippen molar-refractivity contribution in [2.75, 3.05) is 26.3 Å². The number of rotatable bonds is 2. The SMILES string of the molecule is CC[C@@H]1COCCN(C(C)C)C1. The van der Waals surface area contributed by atoms with Gasteiger partial charge in [0.05, 0.1) is 13.2 Å². The normalized spacial score (nSPS) is 27.5. The summed E-state index contributed by atoms with van der Waals surface area (Å²) in [7, 11) is 0. The highest BCUT2D eigenvalue weighted by atomic mass is 16.5. The van der Waals surface area contributed by atoms with Crippen LogP contribution in [0.5, 0.6) is 0 Å². The van der Waals surface area contributed by atoms with E-state index in [1.807, 2.05) is 0 Å². The molecule has 12 heavy (non-hydrogen) atoms. The second-order valence-corrected chi connectivity index (χ2v) is 3.94. The minimum absolute atomic E-state index is 0.667. The molecule has 2 nitrogen and oxygen atoms in total. The van der Waals surface area contributed by atoms with Crippen molar-refractivity contribution in [2.45, 2.75) is 33.2 Å². The van der Waals surface area contributed by atoms with E-state index in [2.05, 4.69) is 25.7 Å². The van der Waals surface area contributed by atoms with Gasteiger partial charge in [-0.15, -0.1) is 0 Å². The lowest BCUT2D eigenvalue weighted by Gasteiger charge is -2.26. The van der Waals surface area contributed by atoms with Crippen LogP contribution in [0.4, 0.5) is 0 Å². The highest BCUT2D eigenvalue weighted by Crippen LogP contribution is 2.12. The molecule has 0 spiro atoms. The first kappa shape index (κ1) is 10.0. The summed E-state index contributed by atoms with van der Waals surface area (Å²) >= 11 is 0. The minimum atomic E-state index is 0.667. The van der Waals surface area contributed by atoms with E-state index in [4.69, 9.17) is 4.74 Å². The van der Waals surface area contributed by atoms with Crippen LogP contribution in [0.25, 0.3) is 0 Å². The fourth-order valence-corrected chi connectivity index (χ4v) is 1.62. The van der Waals surface area contributed by atoms with Gasteiger partial charge in [0.15, 0.2) is 0 Å². The van der Waals surface area contributed by atoms with Crippen molar-refractivity contribution in [1.29, 1.82) is 0 Å². The predicted octanol–water partition coefficient (Wildman–Crippen LogP) is 1.75. The molecule has 1 rings (SSSR count). The van der Waals surface area contributed by atoms with Gasteiger partial charge in [-0.05, 0) is 26.2 Å². The molecular formula is C10H21NO. The van der Waals surface area contributed by atoms with Crippen LogP contribution in [0.15, 0.2) is 0 Å². The van der Waals surface area contributed by atoms with Crippen LogP contribution in [-0.2, 0) is 4.74 Å². The van der Waals surface area contributed by atoms with E-state index >= 15 is 0 Å². The first-order chi connectivity index (χ1) is 5.74. The molecule has 0 unspecified atom stereocenters. The molecule has 0 radical (unpaired) electrons. The Morgan fingerprint density at radius 1 is 1.50 bits per heavy atom. The maximum atomic E-state index is 5.54. The van der Waals surface area contributed by atoms with Crippen molar-refractivity contribution in [3.8, 4) is 0 Å². The van der Waals surface area contributed by atoms with Gasteiger partial charge in [-0.1, -0.05) is 6.92 Å². The molecule has 0 aromatic heterocycles. The summed E-state index contributed by atoms with van der Waals surface area (Å²) in [5, 5.41) is 0. The van der Waals surface area contributed by atoms with Gasteiger partial charge in [-0.3, -0.25) is 4.90 Å². The van der Waals surface area contributed by atoms with Crippen LogP contribution < -0.4 is 0 Å². The van der Waals surface area contributed by atoms with Gasteiger partial charge in [0, 0.05) is 19.1 Å². The summed E-state index contributed by atoms with van der Waals surface area (Å²) < 4.78 is 5.54.